The summed E-state index contributed by atoms with van der Waals surface area (Å²) in [6.07, 6.45) is 0. The van der Waals surface area contributed by atoms with Gasteiger partial charge in [0.2, 0.25) is 0 Å². The topological polar surface area (TPSA) is 32.5 Å². The summed E-state index contributed by atoms with van der Waals surface area (Å²) in [7, 11) is 0. The second-order valence-corrected chi connectivity index (χ2v) is 5.88. The molecule has 2 aromatic rings. The van der Waals surface area contributed by atoms with Crippen LogP contribution in [-0.2, 0) is 0 Å². The van der Waals surface area contributed by atoms with Crippen molar-refractivity contribution in [2.75, 3.05) is 41.7 Å². The Bertz CT molecular complexity index is 634. The summed E-state index contributed by atoms with van der Waals surface area (Å²) < 4.78 is 0. The van der Waals surface area contributed by atoms with Gasteiger partial charge in [0.05, 0.1) is 0 Å². The Kier molecular flexibility index (Phi) is 3.93. The molecule has 1 fully saturated rings. The monoisotopic (exact) mass is 301 g/mol. The third-order valence-electron chi connectivity index (χ3n) is 4.14. The molecule has 0 bridgehead atoms. The van der Waals surface area contributed by atoms with Crippen molar-refractivity contribution in [3.63, 3.8) is 0 Å². The number of nitrogens with two attached hydrogens (primary N) is 1. The molecule has 0 atom stereocenters. The molecule has 4 heteroatoms. The van der Waals surface area contributed by atoms with Gasteiger partial charge in [-0.25, -0.2) is 0 Å². The molecule has 0 unspecified atom stereocenters. The van der Waals surface area contributed by atoms with Crippen molar-refractivity contribution in [2.45, 2.75) is 6.92 Å². The molecular formula is C17H20ClN3. The number of hydrogen-bond donors (Lipinski definition) is 1. The summed E-state index contributed by atoms with van der Waals surface area (Å²) in [5.41, 5.74) is 10.5. The van der Waals surface area contributed by atoms with Crippen molar-refractivity contribution in [1.29, 1.82) is 0 Å². The van der Waals surface area contributed by atoms with E-state index in [0.717, 1.165) is 36.9 Å². The molecule has 21 heavy (non-hydrogen) atoms. The average Bonchev–Trinajstić information content (AvgIpc) is 2.50. The van der Waals surface area contributed by atoms with Gasteiger partial charge < -0.3 is 15.5 Å². The van der Waals surface area contributed by atoms with Gasteiger partial charge in [0.25, 0.3) is 0 Å². The van der Waals surface area contributed by atoms with Crippen molar-refractivity contribution < 1.29 is 0 Å². The van der Waals surface area contributed by atoms with Crippen LogP contribution in [0, 0.1) is 6.92 Å². The van der Waals surface area contributed by atoms with Gasteiger partial charge >= 0.3 is 0 Å². The molecule has 0 aliphatic carbocycles. The van der Waals surface area contributed by atoms with Gasteiger partial charge in [-0.1, -0.05) is 23.7 Å². The number of piperazine rings is 1. The average molecular weight is 302 g/mol. The SMILES string of the molecule is Cc1c(N)cccc1N1CCN(c2cccc(Cl)c2)CC1. The Morgan fingerprint density at radius 1 is 0.952 bits per heavy atom. The van der Waals surface area contributed by atoms with Gasteiger partial charge in [0, 0.05) is 48.3 Å². The van der Waals surface area contributed by atoms with E-state index < -0.39 is 0 Å². The molecule has 2 N–H and O–H groups in total. The van der Waals surface area contributed by atoms with Crippen molar-refractivity contribution in [2.24, 2.45) is 0 Å². The molecule has 1 saturated heterocycles. The van der Waals surface area contributed by atoms with Crippen LogP contribution >= 0.6 is 11.6 Å². The van der Waals surface area contributed by atoms with Gasteiger partial charge in [-0.3, -0.25) is 0 Å². The lowest BCUT2D eigenvalue weighted by molar-refractivity contribution is 0.652. The molecule has 3 rings (SSSR count). The Hall–Kier alpha value is -1.87. The van der Waals surface area contributed by atoms with Crippen molar-refractivity contribution >= 4 is 28.7 Å². The van der Waals surface area contributed by atoms with Crippen LogP contribution in [0.5, 0.6) is 0 Å². The normalized spacial score (nSPS) is 15.3. The van der Waals surface area contributed by atoms with E-state index in [4.69, 9.17) is 17.3 Å². The van der Waals surface area contributed by atoms with Crippen LogP contribution in [-0.4, -0.2) is 26.2 Å². The van der Waals surface area contributed by atoms with Crippen LogP contribution in [0.3, 0.4) is 0 Å². The lowest BCUT2D eigenvalue weighted by atomic mass is 10.1. The highest BCUT2D eigenvalue weighted by Crippen LogP contribution is 2.27. The van der Waals surface area contributed by atoms with E-state index in [2.05, 4.69) is 28.9 Å². The molecule has 3 nitrogen and oxygen atoms in total. The van der Waals surface area contributed by atoms with E-state index in [1.54, 1.807) is 0 Å². The van der Waals surface area contributed by atoms with E-state index in [1.807, 2.05) is 30.3 Å². The minimum atomic E-state index is 0.793. The molecule has 0 amide bonds. The molecule has 0 radical (unpaired) electrons. The summed E-state index contributed by atoms with van der Waals surface area (Å²) in [5.74, 6) is 0. The molecule has 0 aromatic heterocycles. The second-order valence-electron chi connectivity index (χ2n) is 5.45. The third kappa shape index (κ3) is 2.93. The fourth-order valence-corrected chi connectivity index (χ4v) is 3.05. The first kappa shape index (κ1) is 14.1. The van der Waals surface area contributed by atoms with Crippen LogP contribution < -0.4 is 15.5 Å². The van der Waals surface area contributed by atoms with Crippen LogP contribution in [0.1, 0.15) is 5.56 Å². The third-order valence-corrected chi connectivity index (χ3v) is 4.38. The summed E-state index contributed by atoms with van der Waals surface area (Å²) in [4.78, 5) is 4.79. The fourth-order valence-electron chi connectivity index (χ4n) is 2.86. The maximum atomic E-state index is 6.08. The number of hydrogen-bond acceptors (Lipinski definition) is 3. The Balaban J connectivity index is 1.72. The van der Waals surface area contributed by atoms with E-state index in [0.29, 0.717) is 0 Å². The van der Waals surface area contributed by atoms with Crippen LogP contribution in [0.25, 0.3) is 0 Å². The van der Waals surface area contributed by atoms with Gasteiger partial charge in [-0.05, 0) is 42.8 Å². The molecule has 110 valence electrons. The smallest absolute Gasteiger partial charge is 0.0426 e. The van der Waals surface area contributed by atoms with Crippen molar-refractivity contribution in [1.82, 2.24) is 0 Å². The number of rotatable bonds is 2. The summed E-state index contributed by atoms with van der Waals surface area (Å²) in [5, 5.41) is 0.793. The highest BCUT2D eigenvalue weighted by atomic mass is 35.5. The van der Waals surface area contributed by atoms with Crippen molar-refractivity contribution in [3.05, 3.63) is 53.1 Å². The van der Waals surface area contributed by atoms with Gasteiger partial charge in [0.15, 0.2) is 0 Å². The largest absolute Gasteiger partial charge is 0.398 e. The number of anilines is 3. The highest BCUT2D eigenvalue weighted by molar-refractivity contribution is 6.30. The predicted molar refractivity (Wildman–Crippen MR) is 91.5 cm³/mol. The Morgan fingerprint density at radius 2 is 1.62 bits per heavy atom. The first-order valence-electron chi connectivity index (χ1n) is 7.26. The first-order valence-corrected chi connectivity index (χ1v) is 7.63. The van der Waals surface area contributed by atoms with E-state index in [-0.39, 0.29) is 0 Å². The molecule has 0 spiro atoms. The molecule has 1 heterocycles. The Labute approximate surface area is 130 Å². The van der Waals surface area contributed by atoms with Gasteiger partial charge in [-0.2, -0.15) is 0 Å². The number of benzene rings is 2. The van der Waals surface area contributed by atoms with E-state index >= 15 is 0 Å². The maximum absolute atomic E-state index is 6.08. The summed E-state index contributed by atoms with van der Waals surface area (Å²) in [6.45, 7) is 6.07. The molecule has 2 aromatic carbocycles. The number of nitrogens with zero attached hydrogens (tertiary/aromatic N) is 2. The van der Waals surface area contributed by atoms with Crippen LogP contribution in [0.2, 0.25) is 5.02 Å². The highest BCUT2D eigenvalue weighted by Gasteiger charge is 2.19. The summed E-state index contributed by atoms with van der Waals surface area (Å²) in [6, 6.07) is 14.2. The zero-order valence-corrected chi connectivity index (χ0v) is 13.0. The predicted octanol–water partition coefficient (Wildman–Crippen LogP) is 3.56. The molecule has 1 aliphatic rings. The second kappa shape index (κ2) is 5.86. The van der Waals surface area contributed by atoms with E-state index in [1.165, 1.54) is 16.9 Å². The summed E-state index contributed by atoms with van der Waals surface area (Å²) >= 11 is 6.08. The van der Waals surface area contributed by atoms with Crippen molar-refractivity contribution in [3.8, 4) is 0 Å². The zero-order chi connectivity index (χ0) is 14.8. The van der Waals surface area contributed by atoms with Crippen LogP contribution in [0.4, 0.5) is 17.1 Å². The molecule has 0 saturated carbocycles. The standard InChI is InChI=1S/C17H20ClN3/c1-13-16(19)6-3-7-17(13)21-10-8-20(9-11-21)15-5-2-4-14(18)12-15/h2-7,12H,8-11,19H2,1H3. The molecular weight excluding hydrogens is 282 g/mol. The zero-order valence-electron chi connectivity index (χ0n) is 12.2. The Morgan fingerprint density at radius 3 is 2.33 bits per heavy atom. The fraction of sp³-hybridized carbons (Fsp3) is 0.294. The van der Waals surface area contributed by atoms with Gasteiger partial charge in [-0.15, -0.1) is 0 Å². The number of nitrogen functional groups attached to an aromatic ring is 1. The van der Waals surface area contributed by atoms with Gasteiger partial charge in [0.1, 0.15) is 0 Å². The van der Waals surface area contributed by atoms with E-state index in [9.17, 15) is 0 Å². The maximum Gasteiger partial charge on any atom is 0.0426 e. The minimum absolute atomic E-state index is 0.793. The lowest BCUT2D eigenvalue weighted by Crippen LogP contribution is -2.46. The first-order chi connectivity index (χ1) is 10.1. The number of halogens is 1. The quantitative estimate of drug-likeness (QED) is 0.861. The molecule has 1 aliphatic heterocycles. The lowest BCUT2D eigenvalue weighted by Gasteiger charge is -2.38. The minimum Gasteiger partial charge on any atom is -0.398 e. The van der Waals surface area contributed by atoms with Crippen LogP contribution in [0.15, 0.2) is 42.5 Å².